The summed E-state index contributed by atoms with van der Waals surface area (Å²) in [5.41, 5.74) is 0. The first-order valence-electron chi connectivity index (χ1n) is 11.0. The maximum atomic E-state index is 8.56. The second-order valence-corrected chi connectivity index (χ2v) is 8.60. The number of rotatable bonds is 17. The van der Waals surface area contributed by atoms with Gasteiger partial charge in [-0.05, 0) is 12.8 Å². The number of quaternary nitrogens is 1. The van der Waals surface area contributed by atoms with Crippen LogP contribution in [0.2, 0.25) is 0 Å². The molecule has 0 amide bonds. The Morgan fingerprint density at radius 1 is 0.577 bits per heavy atom. The first-order valence-corrected chi connectivity index (χ1v) is 11.0. The highest BCUT2D eigenvalue weighted by molar-refractivity contribution is 5.53. The second kappa shape index (κ2) is 20.5. The van der Waals surface area contributed by atoms with Crippen molar-refractivity contribution in [3.8, 4) is 0 Å². The van der Waals surface area contributed by atoms with Crippen molar-refractivity contribution in [2.45, 2.75) is 110 Å². The van der Waals surface area contributed by atoms with Crippen LogP contribution < -0.4 is 0 Å². The predicted molar refractivity (Wildman–Crippen MR) is 113 cm³/mol. The van der Waals surface area contributed by atoms with Crippen LogP contribution in [0, 0.1) is 0 Å². The van der Waals surface area contributed by atoms with Gasteiger partial charge in [-0.15, -0.1) is 0 Å². The van der Waals surface area contributed by atoms with Gasteiger partial charge in [0, 0.05) is 0 Å². The highest BCUT2D eigenvalue weighted by Crippen LogP contribution is 2.13. The molecule has 0 aliphatic heterocycles. The largest absolute Gasteiger partial charge is 0.503 e. The van der Waals surface area contributed by atoms with Crippen LogP contribution in [0.3, 0.4) is 0 Å². The summed E-state index contributed by atoms with van der Waals surface area (Å²) in [6, 6.07) is 0. The Kier molecular flexibility index (Phi) is 21.7. The molecule has 0 fully saturated rings. The van der Waals surface area contributed by atoms with E-state index >= 15 is 0 Å². The van der Waals surface area contributed by atoms with Gasteiger partial charge < -0.3 is 14.7 Å². The molecular weight excluding hydrogens is 326 g/mol. The molecule has 0 saturated carbocycles. The third-order valence-electron chi connectivity index (χ3n) is 4.68. The Bertz CT molecular complexity index is 284. The fourth-order valence-electron chi connectivity index (χ4n) is 3.13. The molecule has 2 N–H and O–H groups in total. The van der Waals surface area contributed by atoms with Gasteiger partial charge in [-0.2, -0.15) is 0 Å². The molecule has 0 unspecified atom stereocenters. The zero-order valence-electron chi connectivity index (χ0n) is 18.3. The Morgan fingerprint density at radius 3 is 1.04 bits per heavy atom. The summed E-state index contributed by atoms with van der Waals surface area (Å²) in [5.74, 6) is 0. The monoisotopic (exact) mass is 374 g/mol. The van der Waals surface area contributed by atoms with Crippen LogP contribution in [0.25, 0.3) is 0 Å². The van der Waals surface area contributed by atoms with Crippen molar-refractivity contribution < 1.29 is 19.5 Å². The standard InChI is InChI=1S/C21H46N.CH2O3/c1-5-6-7-8-9-10-11-12-13-14-15-16-17-18-19-20-21-22(2,3)4;2-1(3)4/h5-21H2,1-4H3;(H2,2,3,4)/q+1;. The van der Waals surface area contributed by atoms with Gasteiger partial charge in [-0.3, -0.25) is 0 Å². The highest BCUT2D eigenvalue weighted by atomic mass is 16.6. The quantitative estimate of drug-likeness (QED) is 0.209. The minimum Gasteiger partial charge on any atom is -0.450 e. The average molecular weight is 375 g/mol. The molecule has 0 rings (SSSR count). The topological polar surface area (TPSA) is 57.5 Å². The lowest BCUT2D eigenvalue weighted by Gasteiger charge is -2.23. The molecular formula is C22H48NO3+. The lowest BCUT2D eigenvalue weighted by Crippen LogP contribution is -2.35. The van der Waals surface area contributed by atoms with E-state index in [0.29, 0.717) is 0 Å². The van der Waals surface area contributed by atoms with Gasteiger partial charge in [-0.1, -0.05) is 96.8 Å². The van der Waals surface area contributed by atoms with Crippen LogP contribution in [-0.4, -0.2) is 48.5 Å². The van der Waals surface area contributed by atoms with Gasteiger partial charge in [0.1, 0.15) is 0 Å². The van der Waals surface area contributed by atoms with Crippen LogP contribution >= 0.6 is 0 Å². The zero-order valence-corrected chi connectivity index (χ0v) is 18.3. The Labute approximate surface area is 163 Å². The number of hydrogen-bond acceptors (Lipinski definition) is 1. The molecule has 26 heavy (non-hydrogen) atoms. The van der Waals surface area contributed by atoms with Crippen molar-refractivity contribution >= 4 is 6.16 Å². The van der Waals surface area contributed by atoms with E-state index < -0.39 is 6.16 Å². The summed E-state index contributed by atoms with van der Waals surface area (Å²) < 4.78 is 1.12. The van der Waals surface area contributed by atoms with E-state index in [1.54, 1.807) is 0 Å². The number of carbonyl (C=O) groups is 1. The molecule has 0 aromatic heterocycles. The van der Waals surface area contributed by atoms with Gasteiger partial charge in [-0.25, -0.2) is 4.79 Å². The van der Waals surface area contributed by atoms with Gasteiger partial charge in [0.2, 0.25) is 0 Å². The highest BCUT2D eigenvalue weighted by Gasteiger charge is 2.04. The molecule has 0 heterocycles. The van der Waals surface area contributed by atoms with Crippen molar-refractivity contribution in [1.82, 2.24) is 0 Å². The molecule has 4 nitrogen and oxygen atoms in total. The normalized spacial score (nSPS) is 11.1. The molecule has 0 aliphatic rings. The zero-order chi connectivity index (χ0) is 20.1. The van der Waals surface area contributed by atoms with Crippen molar-refractivity contribution in [3.05, 3.63) is 0 Å². The molecule has 0 aromatic rings. The van der Waals surface area contributed by atoms with Gasteiger partial charge in [0.15, 0.2) is 0 Å². The first-order chi connectivity index (χ1) is 12.3. The Morgan fingerprint density at radius 2 is 0.808 bits per heavy atom. The second-order valence-electron chi connectivity index (χ2n) is 8.60. The van der Waals surface area contributed by atoms with E-state index in [9.17, 15) is 0 Å². The van der Waals surface area contributed by atoms with Gasteiger partial charge >= 0.3 is 6.16 Å². The van der Waals surface area contributed by atoms with E-state index in [1.165, 1.54) is 109 Å². The Hall–Kier alpha value is -0.770. The first kappa shape index (κ1) is 27.4. The van der Waals surface area contributed by atoms with Crippen molar-refractivity contribution in [3.63, 3.8) is 0 Å². The van der Waals surface area contributed by atoms with E-state index in [1.807, 2.05) is 0 Å². The van der Waals surface area contributed by atoms with Crippen molar-refractivity contribution in [2.75, 3.05) is 27.7 Å². The van der Waals surface area contributed by atoms with E-state index in [-0.39, 0.29) is 0 Å². The molecule has 0 radical (unpaired) electrons. The molecule has 4 heteroatoms. The summed E-state index contributed by atoms with van der Waals surface area (Å²) in [4.78, 5) is 8.56. The summed E-state index contributed by atoms with van der Waals surface area (Å²) in [7, 11) is 6.89. The molecule has 0 atom stereocenters. The summed E-state index contributed by atoms with van der Waals surface area (Å²) >= 11 is 0. The summed E-state index contributed by atoms with van der Waals surface area (Å²) in [6.45, 7) is 3.63. The molecule has 0 spiro atoms. The molecule has 158 valence electrons. The van der Waals surface area contributed by atoms with Crippen LogP contribution in [-0.2, 0) is 0 Å². The van der Waals surface area contributed by atoms with Crippen LogP contribution in [0.5, 0.6) is 0 Å². The van der Waals surface area contributed by atoms with Crippen LogP contribution in [0.15, 0.2) is 0 Å². The minimum atomic E-state index is -1.83. The molecule has 0 saturated heterocycles. The number of unbranched alkanes of at least 4 members (excludes halogenated alkanes) is 15. The third-order valence-corrected chi connectivity index (χ3v) is 4.68. The number of nitrogens with zero attached hydrogens (tertiary/aromatic N) is 1. The fraction of sp³-hybridized carbons (Fsp3) is 0.955. The SMILES string of the molecule is CCCCCCCCCCCCCCCCCC[N+](C)(C)C.O=C(O)O. The Balaban J connectivity index is 0. The maximum absolute atomic E-state index is 8.56. The molecule has 0 aromatic carbocycles. The predicted octanol–water partition coefficient (Wildman–Crippen LogP) is 7.18. The van der Waals surface area contributed by atoms with Crippen molar-refractivity contribution in [1.29, 1.82) is 0 Å². The van der Waals surface area contributed by atoms with Crippen LogP contribution in [0.1, 0.15) is 110 Å². The summed E-state index contributed by atoms with van der Waals surface area (Å²) in [6.07, 6.45) is 21.5. The molecule has 0 aliphatic carbocycles. The van der Waals surface area contributed by atoms with Gasteiger partial charge in [0.05, 0.1) is 27.7 Å². The number of hydrogen-bond donors (Lipinski definition) is 2. The number of carboxylic acid groups (broad SMARTS) is 2. The van der Waals surface area contributed by atoms with Gasteiger partial charge in [0.25, 0.3) is 0 Å². The fourth-order valence-corrected chi connectivity index (χ4v) is 3.13. The molecule has 0 bridgehead atoms. The minimum absolute atomic E-state index is 1.12. The van der Waals surface area contributed by atoms with Crippen molar-refractivity contribution in [2.24, 2.45) is 0 Å². The smallest absolute Gasteiger partial charge is 0.450 e. The lowest BCUT2D eigenvalue weighted by molar-refractivity contribution is -0.870. The average Bonchev–Trinajstić information content (AvgIpc) is 2.53. The maximum Gasteiger partial charge on any atom is 0.503 e. The lowest BCUT2D eigenvalue weighted by atomic mass is 10.0. The summed E-state index contributed by atoms with van der Waals surface area (Å²) in [5, 5.41) is 13.9. The van der Waals surface area contributed by atoms with E-state index in [4.69, 9.17) is 15.0 Å². The van der Waals surface area contributed by atoms with E-state index in [2.05, 4.69) is 28.1 Å². The van der Waals surface area contributed by atoms with Crippen LogP contribution in [0.4, 0.5) is 4.79 Å². The third kappa shape index (κ3) is 34.5. The van der Waals surface area contributed by atoms with E-state index in [0.717, 1.165) is 4.48 Å².